The zero-order chi connectivity index (χ0) is 25.6. The van der Waals surface area contributed by atoms with Gasteiger partial charge in [0.05, 0.1) is 11.1 Å². The van der Waals surface area contributed by atoms with Crippen LogP contribution in [0.3, 0.4) is 0 Å². The Balaban J connectivity index is 0.00000158. The summed E-state index contributed by atoms with van der Waals surface area (Å²) in [7, 11) is 1.86. The van der Waals surface area contributed by atoms with Crippen molar-refractivity contribution in [1.29, 1.82) is 0 Å². The predicted octanol–water partition coefficient (Wildman–Crippen LogP) is 8.45. The lowest BCUT2D eigenvalue weighted by atomic mass is 9.90. The summed E-state index contributed by atoms with van der Waals surface area (Å²) in [4.78, 5) is 19.7. The summed E-state index contributed by atoms with van der Waals surface area (Å²) in [5.74, 6) is -0.0328. The highest BCUT2D eigenvalue weighted by atomic mass is 16.2. The van der Waals surface area contributed by atoms with Gasteiger partial charge in [-0.3, -0.25) is 9.78 Å². The van der Waals surface area contributed by atoms with Crippen LogP contribution in [0.2, 0.25) is 0 Å². The number of amides is 1. The lowest BCUT2D eigenvalue weighted by Crippen LogP contribution is -2.43. The van der Waals surface area contributed by atoms with Gasteiger partial charge >= 0.3 is 0 Å². The number of pyridine rings is 1. The van der Waals surface area contributed by atoms with Crippen LogP contribution in [0.5, 0.6) is 0 Å². The van der Waals surface area contributed by atoms with Crippen molar-refractivity contribution in [2.45, 2.75) is 74.8 Å². The zero-order valence-electron chi connectivity index (χ0n) is 22.7. The minimum absolute atomic E-state index is 0.0328. The SMILES string of the molecule is CC.CC.CC.Cc1cc(-c2ccccc2C)c(C(=O)N(C)C(C)(C)c2ccccc2)cn1. The van der Waals surface area contributed by atoms with Gasteiger partial charge in [0.2, 0.25) is 0 Å². The third-order valence-electron chi connectivity index (χ3n) is 5.33. The molecule has 0 aliphatic heterocycles. The molecular weight excluding hydrogens is 404 g/mol. The van der Waals surface area contributed by atoms with Gasteiger partial charge in [-0.2, -0.15) is 0 Å². The van der Waals surface area contributed by atoms with E-state index in [2.05, 4.69) is 50.0 Å². The van der Waals surface area contributed by atoms with Crippen LogP contribution in [0.4, 0.5) is 0 Å². The van der Waals surface area contributed by atoms with Gasteiger partial charge in [-0.05, 0) is 56.0 Å². The monoisotopic (exact) mass is 448 g/mol. The van der Waals surface area contributed by atoms with Crippen molar-refractivity contribution in [3.63, 3.8) is 0 Å². The molecule has 0 unspecified atom stereocenters. The molecule has 0 bridgehead atoms. The Morgan fingerprint density at radius 1 is 0.788 bits per heavy atom. The molecule has 3 nitrogen and oxygen atoms in total. The number of carbonyl (C=O) groups is 1. The first-order chi connectivity index (χ1) is 15.8. The number of nitrogens with zero attached hydrogens (tertiary/aromatic N) is 2. The first-order valence-electron chi connectivity index (χ1n) is 12.2. The van der Waals surface area contributed by atoms with Crippen LogP contribution in [0.1, 0.15) is 82.6 Å². The maximum Gasteiger partial charge on any atom is 0.256 e. The van der Waals surface area contributed by atoms with E-state index in [1.807, 2.05) is 91.9 Å². The molecule has 0 aliphatic carbocycles. The average molecular weight is 449 g/mol. The minimum Gasteiger partial charge on any atom is -0.332 e. The third kappa shape index (κ3) is 7.56. The molecule has 1 aromatic heterocycles. The smallest absolute Gasteiger partial charge is 0.256 e. The molecule has 0 saturated heterocycles. The molecule has 0 radical (unpaired) electrons. The molecule has 1 heterocycles. The van der Waals surface area contributed by atoms with Gasteiger partial charge in [0.1, 0.15) is 0 Å². The second kappa shape index (κ2) is 15.0. The maximum absolute atomic E-state index is 13.5. The highest BCUT2D eigenvalue weighted by Gasteiger charge is 2.31. The number of rotatable bonds is 4. The fourth-order valence-electron chi connectivity index (χ4n) is 3.30. The Hall–Kier alpha value is -2.94. The molecule has 1 amide bonds. The van der Waals surface area contributed by atoms with Gasteiger partial charge in [-0.1, -0.05) is 96.1 Å². The molecule has 0 aliphatic rings. The number of aromatic nitrogens is 1. The standard InChI is InChI=1S/C24H26N2O.3C2H6/c1-17-11-9-10-14-20(17)21-15-18(2)25-16-22(21)23(27)26(5)24(3,4)19-12-7-6-8-13-19;3*1-2/h6-16H,1-5H3;3*1-2H3. The zero-order valence-corrected chi connectivity index (χ0v) is 22.7. The van der Waals surface area contributed by atoms with E-state index in [1.165, 1.54) is 0 Å². The molecule has 180 valence electrons. The van der Waals surface area contributed by atoms with E-state index < -0.39 is 5.54 Å². The normalized spacial score (nSPS) is 9.79. The lowest BCUT2D eigenvalue weighted by molar-refractivity contribution is 0.0622. The molecule has 3 heteroatoms. The van der Waals surface area contributed by atoms with Gasteiger partial charge in [0.25, 0.3) is 5.91 Å². The fraction of sp³-hybridized carbons (Fsp3) is 0.400. The fourth-order valence-corrected chi connectivity index (χ4v) is 3.30. The average Bonchev–Trinajstić information content (AvgIpc) is 2.87. The van der Waals surface area contributed by atoms with Gasteiger partial charge in [0, 0.05) is 18.9 Å². The van der Waals surface area contributed by atoms with Crippen molar-refractivity contribution in [1.82, 2.24) is 9.88 Å². The molecule has 33 heavy (non-hydrogen) atoms. The molecule has 3 rings (SSSR count). The molecule has 0 saturated carbocycles. The number of aryl methyl sites for hydroxylation is 2. The van der Waals surface area contributed by atoms with Crippen molar-refractivity contribution in [3.8, 4) is 11.1 Å². The van der Waals surface area contributed by atoms with Crippen LogP contribution in [-0.2, 0) is 5.54 Å². The number of hydrogen-bond acceptors (Lipinski definition) is 2. The van der Waals surface area contributed by atoms with Crippen molar-refractivity contribution in [3.05, 3.63) is 89.2 Å². The van der Waals surface area contributed by atoms with Gasteiger partial charge < -0.3 is 4.90 Å². The third-order valence-corrected chi connectivity index (χ3v) is 5.33. The van der Waals surface area contributed by atoms with E-state index in [-0.39, 0.29) is 5.91 Å². The van der Waals surface area contributed by atoms with E-state index in [0.29, 0.717) is 5.56 Å². The van der Waals surface area contributed by atoms with E-state index >= 15 is 0 Å². The van der Waals surface area contributed by atoms with Crippen LogP contribution in [-0.4, -0.2) is 22.8 Å². The van der Waals surface area contributed by atoms with E-state index in [9.17, 15) is 4.79 Å². The Morgan fingerprint density at radius 2 is 1.30 bits per heavy atom. The summed E-state index contributed by atoms with van der Waals surface area (Å²) < 4.78 is 0. The Kier molecular flexibility index (Phi) is 13.7. The molecular formula is C30H44N2O. The summed E-state index contributed by atoms with van der Waals surface area (Å²) in [6, 6.07) is 20.2. The first-order valence-corrected chi connectivity index (χ1v) is 12.2. The van der Waals surface area contributed by atoms with Crippen molar-refractivity contribution in [2.24, 2.45) is 0 Å². The van der Waals surface area contributed by atoms with Crippen LogP contribution in [0.25, 0.3) is 11.1 Å². The number of hydrogen-bond donors (Lipinski definition) is 0. The molecule has 0 fully saturated rings. The van der Waals surface area contributed by atoms with Gasteiger partial charge in [-0.15, -0.1) is 0 Å². The van der Waals surface area contributed by atoms with Crippen molar-refractivity contribution in [2.75, 3.05) is 7.05 Å². The van der Waals surface area contributed by atoms with E-state index in [0.717, 1.165) is 27.9 Å². The van der Waals surface area contributed by atoms with E-state index in [1.54, 1.807) is 11.1 Å². The molecule has 3 aromatic rings. The largest absolute Gasteiger partial charge is 0.332 e. The summed E-state index contributed by atoms with van der Waals surface area (Å²) >= 11 is 0. The molecule has 0 atom stereocenters. The summed E-state index contributed by atoms with van der Waals surface area (Å²) in [5, 5.41) is 0. The van der Waals surface area contributed by atoms with Gasteiger partial charge in [0.15, 0.2) is 0 Å². The van der Waals surface area contributed by atoms with Crippen molar-refractivity contribution >= 4 is 5.91 Å². The Bertz CT molecular complexity index is 962. The predicted molar refractivity (Wildman–Crippen MR) is 145 cm³/mol. The summed E-state index contributed by atoms with van der Waals surface area (Å²) in [5.41, 5.74) is 5.32. The minimum atomic E-state index is -0.438. The van der Waals surface area contributed by atoms with Crippen LogP contribution < -0.4 is 0 Å². The number of benzene rings is 2. The Morgan fingerprint density at radius 3 is 1.85 bits per heavy atom. The topological polar surface area (TPSA) is 33.2 Å². The van der Waals surface area contributed by atoms with Gasteiger partial charge in [-0.25, -0.2) is 0 Å². The summed E-state index contributed by atoms with van der Waals surface area (Å²) in [6.07, 6.45) is 1.71. The van der Waals surface area contributed by atoms with Crippen molar-refractivity contribution < 1.29 is 4.79 Å². The Labute approximate surface area is 202 Å². The molecule has 0 N–H and O–H groups in total. The summed E-state index contributed by atoms with van der Waals surface area (Å²) in [6.45, 7) is 20.1. The lowest BCUT2D eigenvalue weighted by Gasteiger charge is -2.36. The number of carbonyl (C=O) groups excluding carboxylic acids is 1. The van der Waals surface area contributed by atoms with Crippen LogP contribution in [0.15, 0.2) is 66.9 Å². The second-order valence-corrected chi connectivity index (χ2v) is 7.48. The molecule has 2 aromatic carbocycles. The quantitative estimate of drug-likeness (QED) is 0.401. The highest BCUT2D eigenvalue weighted by Crippen LogP contribution is 2.32. The first kappa shape index (κ1) is 30.1. The van der Waals surface area contributed by atoms with E-state index in [4.69, 9.17) is 0 Å². The van der Waals surface area contributed by atoms with Crippen LogP contribution >= 0.6 is 0 Å². The van der Waals surface area contributed by atoms with Crippen LogP contribution in [0, 0.1) is 13.8 Å². The highest BCUT2D eigenvalue weighted by molar-refractivity contribution is 6.01. The maximum atomic E-state index is 13.5. The molecule has 0 spiro atoms. The second-order valence-electron chi connectivity index (χ2n) is 7.48.